The zero-order chi connectivity index (χ0) is 17.2. The molecule has 1 N–H and O–H groups in total. The second-order valence-electron chi connectivity index (χ2n) is 5.80. The number of rotatable bonds is 5. The first-order valence-electron chi connectivity index (χ1n) is 7.27. The van der Waals surface area contributed by atoms with E-state index in [0.717, 1.165) is 10.4 Å². The standard InChI is InChI=1S/C15H19Cl2NO4S/c1-4-21-14(20)12-8-6-15(2,3)22-7-9(8)23-13(12)18-11(19)5-10(16)17/h10H,4-7H2,1-3H3,(H,18,19). The highest BCUT2D eigenvalue weighted by molar-refractivity contribution is 7.17. The molecule has 0 unspecified atom stereocenters. The van der Waals surface area contributed by atoms with Crippen molar-refractivity contribution in [1.29, 1.82) is 0 Å². The number of fused-ring (bicyclic) bond motifs is 1. The Kier molecular flexibility index (Phi) is 5.94. The molecule has 1 amide bonds. The monoisotopic (exact) mass is 379 g/mol. The minimum Gasteiger partial charge on any atom is -0.462 e. The lowest BCUT2D eigenvalue weighted by Crippen LogP contribution is -2.32. The van der Waals surface area contributed by atoms with Gasteiger partial charge < -0.3 is 14.8 Å². The number of hydrogen-bond acceptors (Lipinski definition) is 5. The molecule has 0 atom stereocenters. The maximum absolute atomic E-state index is 12.4. The third-order valence-electron chi connectivity index (χ3n) is 3.36. The molecule has 1 aromatic heterocycles. The molecule has 128 valence electrons. The average molecular weight is 380 g/mol. The molecule has 0 saturated heterocycles. The fourth-order valence-corrected chi connectivity index (χ4v) is 3.79. The SMILES string of the molecule is CCOC(=O)c1c(NC(=O)CC(Cl)Cl)sc2c1CC(C)(C)OC2. The molecular formula is C15H19Cl2NO4S. The summed E-state index contributed by atoms with van der Waals surface area (Å²) in [6.07, 6.45) is 0.534. The number of esters is 1. The lowest BCUT2D eigenvalue weighted by atomic mass is 9.93. The van der Waals surface area contributed by atoms with Gasteiger partial charge in [-0.25, -0.2) is 4.79 Å². The minimum absolute atomic E-state index is 0.0457. The maximum atomic E-state index is 12.4. The lowest BCUT2D eigenvalue weighted by Gasteiger charge is -2.30. The number of amides is 1. The number of ether oxygens (including phenoxy) is 2. The zero-order valence-electron chi connectivity index (χ0n) is 13.2. The third kappa shape index (κ3) is 4.59. The Morgan fingerprint density at radius 1 is 1.43 bits per heavy atom. The molecule has 0 aromatic carbocycles. The highest BCUT2D eigenvalue weighted by Gasteiger charge is 2.34. The van der Waals surface area contributed by atoms with Crippen LogP contribution in [-0.2, 0) is 27.3 Å². The lowest BCUT2D eigenvalue weighted by molar-refractivity contribution is -0.115. The van der Waals surface area contributed by atoms with Crippen molar-refractivity contribution in [1.82, 2.24) is 0 Å². The van der Waals surface area contributed by atoms with Crippen molar-refractivity contribution in [2.24, 2.45) is 0 Å². The predicted molar refractivity (Wildman–Crippen MR) is 91.6 cm³/mol. The van der Waals surface area contributed by atoms with Crippen LogP contribution in [0.1, 0.15) is 48.0 Å². The molecule has 0 saturated carbocycles. The van der Waals surface area contributed by atoms with Crippen LogP contribution in [0.2, 0.25) is 0 Å². The van der Waals surface area contributed by atoms with E-state index in [2.05, 4.69) is 5.32 Å². The van der Waals surface area contributed by atoms with Crippen LogP contribution in [0.15, 0.2) is 0 Å². The number of nitrogens with one attached hydrogen (secondary N) is 1. The largest absolute Gasteiger partial charge is 0.462 e. The summed E-state index contributed by atoms with van der Waals surface area (Å²) in [7, 11) is 0. The summed E-state index contributed by atoms with van der Waals surface area (Å²) in [5.41, 5.74) is 0.930. The van der Waals surface area contributed by atoms with E-state index in [1.807, 2.05) is 13.8 Å². The normalized spacial score (nSPS) is 16.1. The van der Waals surface area contributed by atoms with Gasteiger partial charge in [0.25, 0.3) is 0 Å². The predicted octanol–water partition coefficient (Wildman–Crippen LogP) is 3.91. The molecule has 0 fully saturated rings. The second kappa shape index (κ2) is 7.38. The van der Waals surface area contributed by atoms with Crippen LogP contribution >= 0.6 is 34.5 Å². The van der Waals surface area contributed by atoms with Crippen LogP contribution < -0.4 is 5.32 Å². The van der Waals surface area contributed by atoms with Crippen molar-refractivity contribution < 1.29 is 19.1 Å². The van der Waals surface area contributed by atoms with Crippen LogP contribution in [0.5, 0.6) is 0 Å². The van der Waals surface area contributed by atoms with Crippen molar-refractivity contribution >= 4 is 51.4 Å². The van der Waals surface area contributed by atoms with Gasteiger partial charge >= 0.3 is 5.97 Å². The Balaban J connectivity index is 2.36. The molecule has 2 heterocycles. The number of carbonyl (C=O) groups excluding carboxylic acids is 2. The number of hydrogen-bond donors (Lipinski definition) is 1. The number of anilines is 1. The highest BCUT2D eigenvalue weighted by atomic mass is 35.5. The first kappa shape index (κ1) is 18.5. The summed E-state index contributed by atoms with van der Waals surface area (Å²) in [5, 5.41) is 3.19. The highest BCUT2D eigenvalue weighted by Crippen LogP contribution is 2.40. The Bertz CT molecular complexity index is 613. The molecule has 1 aliphatic rings. The molecule has 23 heavy (non-hydrogen) atoms. The summed E-state index contributed by atoms with van der Waals surface area (Å²) in [6, 6.07) is 0. The molecule has 5 nitrogen and oxygen atoms in total. The molecule has 1 aliphatic heterocycles. The van der Waals surface area contributed by atoms with E-state index in [0.29, 0.717) is 23.6 Å². The number of thiophene rings is 1. The van der Waals surface area contributed by atoms with Gasteiger partial charge in [-0.3, -0.25) is 4.79 Å². The molecule has 0 aliphatic carbocycles. The molecular weight excluding hydrogens is 361 g/mol. The van der Waals surface area contributed by atoms with Gasteiger partial charge in [0.05, 0.1) is 30.8 Å². The summed E-state index contributed by atoms with van der Waals surface area (Å²) < 4.78 is 10.9. The summed E-state index contributed by atoms with van der Waals surface area (Å²) >= 11 is 12.6. The Labute approximate surface area is 149 Å². The molecule has 0 spiro atoms. The van der Waals surface area contributed by atoms with Crippen LogP contribution in [-0.4, -0.2) is 28.9 Å². The molecule has 8 heteroatoms. The van der Waals surface area contributed by atoms with E-state index >= 15 is 0 Å². The Morgan fingerprint density at radius 2 is 2.13 bits per heavy atom. The number of carbonyl (C=O) groups is 2. The summed E-state index contributed by atoms with van der Waals surface area (Å²) in [5.74, 6) is -0.782. The minimum atomic E-state index is -0.794. The van der Waals surface area contributed by atoms with Gasteiger partial charge in [0, 0.05) is 11.3 Å². The third-order valence-corrected chi connectivity index (χ3v) is 4.79. The van der Waals surface area contributed by atoms with Gasteiger partial charge in [-0.15, -0.1) is 34.5 Å². The zero-order valence-corrected chi connectivity index (χ0v) is 15.5. The smallest absolute Gasteiger partial charge is 0.341 e. The summed E-state index contributed by atoms with van der Waals surface area (Å²) in [6.45, 7) is 6.34. The van der Waals surface area contributed by atoms with Crippen molar-refractivity contribution in [2.75, 3.05) is 11.9 Å². The fraction of sp³-hybridized carbons (Fsp3) is 0.600. The van der Waals surface area contributed by atoms with Gasteiger partial charge in [-0.2, -0.15) is 0 Å². The average Bonchev–Trinajstić information content (AvgIpc) is 2.73. The first-order chi connectivity index (χ1) is 10.7. The van der Waals surface area contributed by atoms with E-state index in [4.69, 9.17) is 32.7 Å². The van der Waals surface area contributed by atoms with Gasteiger partial charge in [0.15, 0.2) is 0 Å². The van der Waals surface area contributed by atoms with Crippen LogP contribution in [0.4, 0.5) is 5.00 Å². The van der Waals surface area contributed by atoms with Crippen molar-refractivity contribution in [3.63, 3.8) is 0 Å². The van der Waals surface area contributed by atoms with E-state index in [1.165, 1.54) is 11.3 Å². The van der Waals surface area contributed by atoms with Gasteiger partial charge in [-0.05, 0) is 26.3 Å². The van der Waals surface area contributed by atoms with Crippen LogP contribution in [0.25, 0.3) is 0 Å². The van der Waals surface area contributed by atoms with Crippen molar-refractivity contribution in [3.05, 3.63) is 16.0 Å². The topological polar surface area (TPSA) is 64.6 Å². The van der Waals surface area contributed by atoms with E-state index in [-0.39, 0.29) is 24.5 Å². The maximum Gasteiger partial charge on any atom is 0.341 e. The molecule has 0 radical (unpaired) electrons. The molecule has 1 aromatic rings. The van der Waals surface area contributed by atoms with Crippen LogP contribution in [0, 0.1) is 0 Å². The Morgan fingerprint density at radius 3 is 2.74 bits per heavy atom. The van der Waals surface area contributed by atoms with E-state index in [1.54, 1.807) is 6.92 Å². The van der Waals surface area contributed by atoms with Crippen molar-refractivity contribution in [3.8, 4) is 0 Å². The van der Waals surface area contributed by atoms with Crippen molar-refractivity contribution in [2.45, 2.75) is 50.7 Å². The van der Waals surface area contributed by atoms with Crippen LogP contribution in [0.3, 0.4) is 0 Å². The fourth-order valence-electron chi connectivity index (χ4n) is 2.38. The van der Waals surface area contributed by atoms with E-state index in [9.17, 15) is 9.59 Å². The number of halogens is 2. The molecule has 2 rings (SSSR count). The second-order valence-corrected chi connectivity index (χ2v) is 8.18. The van der Waals surface area contributed by atoms with Gasteiger partial charge in [0.2, 0.25) is 5.91 Å². The van der Waals surface area contributed by atoms with E-state index < -0.39 is 10.8 Å². The molecule has 0 bridgehead atoms. The summed E-state index contributed by atoms with van der Waals surface area (Å²) in [4.78, 5) is 24.4. The number of alkyl halides is 2. The van der Waals surface area contributed by atoms with Gasteiger partial charge in [-0.1, -0.05) is 0 Å². The first-order valence-corrected chi connectivity index (χ1v) is 8.96. The Hall–Kier alpha value is -0.820. The quantitative estimate of drug-likeness (QED) is 0.622. The van der Waals surface area contributed by atoms with Gasteiger partial charge in [0.1, 0.15) is 9.84 Å².